The molecule has 0 aliphatic carbocycles. The smallest absolute Gasteiger partial charge is 0.161 e. The maximum atomic E-state index is 10.8. The molecule has 0 heterocycles. The first-order valence-corrected chi connectivity index (χ1v) is 8.79. The Kier molecular flexibility index (Phi) is 7.33. The van der Waals surface area contributed by atoms with Gasteiger partial charge in [-0.2, -0.15) is 0 Å². The molecule has 2 N–H and O–H groups in total. The third-order valence-electron chi connectivity index (χ3n) is 4.36. The number of hydrogen-bond acceptors (Lipinski definition) is 6. The van der Waals surface area contributed by atoms with E-state index in [4.69, 9.17) is 18.9 Å². The largest absolute Gasteiger partial charge is 0.504 e. The minimum atomic E-state index is -0.992. The molecule has 6 heteroatoms. The number of aliphatic hydroxyl groups excluding tert-OH is 1. The molecule has 0 fully saturated rings. The van der Waals surface area contributed by atoms with Crippen molar-refractivity contribution >= 4 is 0 Å². The highest BCUT2D eigenvalue weighted by molar-refractivity contribution is 5.45. The van der Waals surface area contributed by atoms with Gasteiger partial charge in [-0.15, -0.1) is 0 Å². The van der Waals surface area contributed by atoms with E-state index < -0.39 is 12.2 Å². The number of aliphatic hydroxyl groups is 1. The summed E-state index contributed by atoms with van der Waals surface area (Å²) in [6, 6.07) is 10.4. The molecule has 2 rings (SSSR count). The van der Waals surface area contributed by atoms with Crippen molar-refractivity contribution < 1.29 is 29.2 Å². The van der Waals surface area contributed by atoms with Crippen LogP contribution in [0.15, 0.2) is 36.4 Å². The number of phenolic OH excluding ortho intramolecular Hbond substituents is 1. The lowest BCUT2D eigenvalue weighted by atomic mass is 10.0. The number of ether oxygens (including phenoxy) is 4. The van der Waals surface area contributed by atoms with Crippen molar-refractivity contribution in [1.82, 2.24) is 0 Å². The Morgan fingerprint density at radius 3 is 2.07 bits per heavy atom. The zero-order valence-corrected chi connectivity index (χ0v) is 16.4. The predicted octanol–water partition coefficient (Wildman–Crippen LogP) is 3.66. The summed E-state index contributed by atoms with van der Waals surface area (Å²) in [6.07, 6.45) is -1.67. The lowest BCUT2D eigenvalue weighted by molar-refractivity contribution is -0.0133. The standard InChI is InChI=1S/C21H28O6/c1-13(2)14-7-9-17(19(10-14)26-5)27-20(12-24-3)21(23)15-6-8-16(22)18(11-15)25-4/h6-11,13,20-23H,12H2,1-5H3/t20-,21?/m1/s1. The number of benzene rings is 2. The number of phenols is 1. The molecule has 0 bridgehead atoms. The second-order valence-corrected chi connectivity index (χ2v) is 6.55. The predicted molar refractivity (Wildman–Crippen MR) is 103 cm³/mol. The number of rotatable bonds is 9. The lowest BCUT2D eigenvalue weighted by Gasteiger charge is -2.25. The first-order valence-electron chi connectivity index (χ1n) is 8.79. The molecule has 0 aliphatic rings. The Morgan fingerprint density at radius 1 is 0.852 bits per heavy atom. The fourth-order valence-corrected chi connectivity index (χ4v) is 2.75. The average Bonchev–Trinajstić information content (AvgIpc) is 2.67. The van der Waals surface area contributed by atoms with Gasteiger partial charge in [-0.25, -0.2) is 0 Å². The van der Waals surface area contributed by atoms with Crippen LogP contribution >= 0.6 is 0 Å². The molecule has 1 unspecified atom stereocenters. The fourth-order valence-electron chi connectivity index (χ4n) is 2.75. The normalized spacial score (nSPS) is 13.3. The Hall–Kier alpha value is -2.44. The van der Waals surface area contributed by atoms with Crippen molar-refractivity contribution in [2.45, 2.75) is 32.0 Å². The quantitative estimate of drug-likeness (QED) is 0.695. The van der Waals surface area contributed by atoms with E-state index in [0.717, 1.165) is 5.56 Å². The Morgan fingerprint density at radius 2 is 1.48 bits per heavy atom. The van der Waals surface area contributed by atoms with Gasteiger partial charge in [0.25, 0.3) is 0 Å². The molecule has 0 saturated carbocycles. The monoisotopic (exact) mass is 376 g/mol. The van der Waals surface area contributed by atoms with Gasteiger partial charge in [0.2, 0.25) is 0 Å². The highest BCUT2D eigenvalue weighted by Crippen LogP contribution is 2.35. The third-order valence-corrected chi connectivity index (χ3v) is 4.36. The average molecular weight is 376 g/mol. The van der Waals surface area contributed by atoms with Gasteiger partial charge in [0.05, 0.1) is 20.8 Å². The Labute approximate surface area is 160 Å². The summed E-state index contributed by atoms with van der Waals surface area (Å²) >= 11 is 0. The number of methoxy groups -OCH3 is 3. The van der Waals surface area contributed by atoms with Crippen LogP contribution in [0.25, 0.3) is 0 Å². The van der Waals surface area contributed by atoms with E-state index in [1.807, 2.05) is 18.2 Å². The molecule has 0 amide bonds. The third kappa shape index (κ3) is 5.05. The Balaban J connectivity index is 2.29. The van der Waals surface area contributed by atoms with E-state index >= 15 is 0 Å². The van der Waals surface area contributed by atoms with Crippen LogP contribution in [0.5, 0.6) is 23.0 Å². The maximum Gasteiger partial charge on any atom is 0.161 e. The molecule has 0 aliphatic heterocycles. The van der Waals surface area contributed by atoms with Crippen molar-refractivity contribution in [3.8, 4) is 23.0 Å². The van der Waals surface area contributed by atoms with E-state index in [-0.39, 0.29) is 18.1 Å². The SMILES string of the molecule is COC[C@@H](Oc1ccc(C(C)C)cc1OC)C(O)c1ccc(O)c(OC)c1. The fraction of sp³-hybridized carbons (Fsp3) is 0.429. The van der Waals surface area contributed by atoms with Crippen molar-refractivity contribution in [3.05, 3.63) is 47.5 Å². The molecule has 27 heavy (non-hydrogen) atoms. The van der Waals surface area contributed by atoms with Gasteiger partial charge in [0.15, 0.2) is 29.1 Å². The first kappa shape index (κ1) is 20.9. The van der Waals surface area contributed by atoms with E-state index in [2.05, 4.69) is 13.8 Å². The topological polar surface area (TPSA) is 77.4 Å². The molecule has 0 saturated heterocycles. The molecular weight excluding hydrogens is 348 g/mol. The van der Waals surface area contributed by atoms with Crippen molar-refractivity contribution in [1.29, 1.82) is 0 Å². The van der Waals surface area contributed by atoms with Crippen LogP contribution in [0.2, 0.25) is 0 Å². The van der Waals surface area contributed by atoms with Crippen molar-refractivity contribution in [3.63, 3.8) is 0 Å². The molecule has 2 atom stereocenters. The summed E-state index contributed by atoms with van der Waals surface area (Å²) in [7, 11) is 4.58. The molecule has 0 spiro atoms. The second-order valence-electron chi connectivity index (χ2n) is 6.55. The van der Waals surface area contributed by atoms with E-state index in [1.54, 1.807) is 26.4 Å². The van der Waals surface area contributed by atoms with Crippen molar-refractivity contribution in [2.24, 2.45) is 0 Å². The summed E-state index contributed by atoms with van der Waals surface area (Å²) in [6.45, 7) is 4.37. The van der Waals surface area contributed by atoms with Gasteiger partial charge < -0.3 is 29.2 Å². The zero-order chi connectivity index (χ0) is 20.0. The number of hydrogen-bond donors (Lipinski definition) is 2. The van der Waals surface area contributed by atoms with Crippen LogP contribution < -0.4 is 14.2 Å². The van der Waals surface area contributed by atoms with Gasteiger partial charge in [-0.3, -0.25) is 0 Å². The second kappa shape index (κ2) is 9.48. The molecule has 2 aromatic carbocycles. The molecule has 2 aromatic rings. The van der Waals surface area contributed by atoms with E-state index in [9.17, 15) is 10.2 Å². The summed E-state index contributed by atoms with van der Waals surface area (Å²) in [5.74, 6) is 1.76. The summed E-state index contributed by atoms with van der Waals surface area (Å²) in [4.78, 5) is 0. The van der Waals surface area contributed by atoms with Gasteiger partial charge in [-0.1, -0.05) is 26.0 Å². The first-order chi connectivity index (χ1) is 12.9. The molecule has 0 aromatic heterocycles. The van der Waals surface area contributed by atoms with Crippen LogP contribution in [0.3, 0.4) is 0 Å². The summed E-state index contributed by atoms with van der Waals surface area (Å²) in [5, 5.41) is 20.6. The zero-order valence-electron chi connectivity index (χ0n) is 16.4. The maximum absolute atomic E-state index is 10.8. The highest BCUT2D eigenvalue weighted by Gasteiger charge is 2.25. The van der Waals surface area contributed by atoms with Crippen molar-refractivity contribution in [2.75, 3.05) is 27.9 Å². The summed E-state index contributed by atoms with van der Waals surface area (Å²) < 4.78 is 21.8. The molecule has 148 valence electrons. The number of aromatic hydroxyl groups is 1. The van der Waals surface area contributed by atoms with Gasteiger partial charge in [0, 0.05) is 7.11 Å². The molecule has 0 radical (unpaired) electrons. The Bertz CT molecular complexity index is 743. The molecular formula is C21H28O6. The lowest BCUT2D eigenvalue weighted by Crippen LogP contribution is -2.30. The minimum Gasteiger partial charge on any atom is -0.504 e. The highest BCUT2D eigenvalue weighted by atomic mass is 16.6. The van der Waals surface area contributed by atoms with Crippen LogP contribution in [-0.2, 0) is 4.74 Å². The summed E-state index contributed by atoms with van der Waals surface area (Å²) in [5.41, 5.74) is 1.68. The van der Waals surface area contributed by atoms with E-state index in [0.29, 0.717) is 23.0 Å². The van der Waals surface area contributed by atoms with E-state index in [1.165, 1.54) is 13.2 Å². The minimum absolute atomic E-state index is 0.00334. The molecule has 6 nitrogen and oxygen atoms in total. The van der Waals surface area contributed by atoms with Gasteiger partial charge in [0.1, 0.15) is 6.10 Å². The van der Waals surface area contributed by atoms with Crippen LogP contribution in [0.4, 0.5) is 0 Å². The van der Waals surface area contributed by atoms with Crippen LogP contribution in [0, 0.1) is 0 Å². The van der Waals surface area contributed by atoms with Crippen LogP contribution in [0.1, 0.15) is 37.0 Å². The van der Waals surface area contributed by atoms with Gasteiger partial charge >= 0.3 is 0 Å². The van der Waals surface area contributed by atoms with Crippen LogP contribution in [-0.4, -0.2) is 44.3 Å². The van der Waals surface area contributed by atoms with Gasteiger partial charge in [-0.05, 0) is 41.3 Å².